The van der Waals surface area contributed by atoms with E-state index in [1.54, 1.807) is 11.3 Å². The van der Waals surface area contributed by atoms with Gasteiger partial charge in [0.25, 0.3) is 0 Å². The smallest absolute Gasteiger partial charge is 0.0772 e. The predicted octanol–water partition coefficient (Wildman–Crippen LogP) is 2.54. The third-order valence-corrected chi connectivity index (χ3v) is 3.47. The SMILES string of the molecule is CC(C)CCN(C)Cc1ccc(C#CCN)s1. The van der Waals surface area contributed by atoms with Crippen LogP contribution in [0.1, 0.15) is 30.0 Å². The molecule has 0 saturated heterocycles. The van der Waals surface area contributed by atoms with Crippen LogP contribution in [-0.2, 0) is 6.54 Å². The lowest BCUT2D eigenvalue weighted by atomic mass is 10.1. The number of thiophene rings is 1. The minimum Gasteiger partial charge on any atom is -0.320 e. The van der Waals surface area contributed by atoms with Gasteiger partial charge in [-0.3, -0.25) is 0 Å². The van der Waals surface area contributed by atoms with Gasteiger partial charge < -0.3 is 10.6 Å². The van der Waals surface area contributed by atoms with Gasteiger partial charge in [0.15, 0.2) is 0 Å². The largest absolute Gasteiger partial charge is 0.320 e. The van der Waals surface area contributed by atoms with Gasteiger partial charge in [0.1, 0.15) is 0 Å². The molecule has 0 spiro atoms. The van der Waals surface area contributed by atoms with E-state index in [0.29, 0.717) is 6.54 Å². The zero-order chi connectivity index (χ0) is 12.7. The summed E-state index contributed by atoms with van der Waals surface area (Å²) in [5.74, 6) is 6.73. The first kappa shape index (κ1) is 14.2. The molecule has 0 unspecified atom stereocenters. The van der Waals surface area contributed by atoms with Crippen molar-refractivity contribution in [2.75, 3.05) is 20.1 Å². The summed E-state index contributed by atoms with van der Waals surface area (Å²) in [5.41, 5.74) is 5.35. The fourth-order valence-electron chi connectivity index (χ4n) is 1.49. The van der Waals surface area contributed by atoms with Gasteiger partial charge in [-0.05, 0) is 38.1 Å². The molecule has 0 saturated carbocycles. The Balaban J connectivity index is 2.43. The van der Waals surface area contributed by atoms with E-state index in [-0.39, 0.29) is 0 Å². The molecule has 1 heterocycles. The van der Waals surface area contributed by atoms with E-state index >= 15 is 0 Å². The third-order valence-electron chi connectivity index (χ3n) is 2.49. The molecule has 0 radical (unpaired) electrons. The van der Waals surface area contributed by atoms with E-state index in [1.165, 1.54) is 11.3 Å². The highest BCUT2D eigenvalue weighted by molar-refractivity contribution is 7.12. The summed E-state index contributed by atoms with van der Waals surface area (Å²) in [7, 11) is 2.17. The summed E-state index contributed by atoms with van der Waals surface area (Å²) in [6.07, 6.45) is 1.25. The van der Waals surface area contributed by atoms with E-state index in [1.807, 2.05) is 0 Å². The Morgan fingerprint density at radius 1 is 1.41 bits per heavy atom. The lowest BCUT2D eigenvalue weighted by molar-refractivity contribution is 0.306. The second-order valence-corrected chi connectivity index (χ2v) is 5.86. The molecule has 2 N–H and O–H groups in total. The Hall–Kier alpha value is -0.820. The monoisotopic (exact) mass is 250 g/mol. The summed E-state index contributed by atoms with van der Waals surface area (Å²) in [5, 5.41) is 0. The van der Waals surface area contributed by atoms with E-state index in [4.69, 9.17) is 5.73 Å². The molecular formula is C14H22N2S. The maximum Gasteiger partial charge on any atom is 0.0772 e. The molecule has 0 fully saturated rings. The van der Waals surface area contributed by atoms with E-state index in [2.05, 4.69) is 49.8 Å². The molecule has 0 aromatic carbocycles. The van der Waals surface area contributed by atoms with Crippen LogP contribution in [0, 0.1) is 17.8 Å². The van der Waals surface area contributed by atoms with Crippen LogP contribution in [0.3, 0.4) is 0 Å². The van der Waals surface area contributed by atoms with Gasteiger partial charge in [0.05, 0.1) is 11.4 Å². The van der Waals surface area contributed by atoms with Gasteiger partial charge in [0.2, 0.25) is 0 Å². The maximum atomic E-state index is 5.35. The van der Waals surface area contributed by atoms with Crippen molar-refractivity contribution < 1.29 is 0 Å². The molecule has 94 valence electrons. The van der Waals surface area contributed by atoms with Crippen molar-refractivity contribution in [3.63, 3.8) is 0 Å². The molecule has 3 heteroatoms. The van der Waals surface area contributed by atoms with Gasteiger partial charge in [0, 0.05) is 11.4 Å². The number of nitrogens with zero attached hydrogens (tertiary/aromatic N) is 1. The minimum atomic E-state index is 0.432. The average Bonchev–Trinajstić information content (AvgIpc) is 2.71. The Labute approximate surface area is 109 Å². The summed E-state index contributed by atoms with van der Waals surface area (Å²) in [4.78, 5) is 4.85. The second-order valence-electron chi connectivity index (χ2n) is 4.69. The Morgan fingerprint density at radius 2 is 2.18 bits per heavy atom. The van der Waals surface area contributed by atoms with Gasteiger partial charge in [-0.1, -0.05) is 25.7 Å². The quantitative estimate of drug-likeness (QED) is 0.814. The number of hydrogen-bond acceptors (Lipinski definition) is 3. The molecule has 0 bridgehead atoms. The molecule has 1 aromatic rings. The highest BCUT2D eigenvalue weighted by Gasteiger charge is 2.04. The zero-order valence-electron chi connectivity index (χ0n) is 11.0. The maximum absolute atomic E-state index is 5.35. The predicted molar refractivity (Wildman–Crippen MR) is 76.0 cm³/mol. The van der Waals surface area contributed by atoms with Gasteiger partial charge in [-0.2, -0.15) is 0 Å². The number of nitrogens with two attached hydrogens (primary N) is 1. The molecule has 0 aliphatic carbocycles. The minimum absolute atomic E-state index is 0.432. The molecule has 0 atom stereocenters. The van der Waals surface area contributed by atoms with Crippen molar-refractivity contribution in [2.45, 2.75) is 26.8 Å². The number of hydrogen-bond donors (Lipinski definition) is 1. The van der Waals surface area contributed by atoms with Gasteiger partial charge in [-0.25, -0.2) is 0 Å². The standard InChI is InChI=1S/C14H22N2S/c1-12(2)8-10-16(3)11-14-7-6-13(17-14)5-4-9-15/h6-7,12H,8-11,15H2,1-3H3. The molecule has 0 amide bonds. The van der Waals surface area contributed by atoms with Crippen molar-refractivity contribution in [2.24, 2.45) is 11.7 Å². The third kappa shape index (κ3) is 5.88. The van der Waals surface area contributed by atoms with Crippen molar-refractivity contribution in [1.82, 2.24) is 4.90 Å². The van der Waals surface area contributed by atoms with Crippen LogP contribution >= 0.6 is 11.3 Å². The first-order chi connectivity index (χ1) is 8.11. The fraction of sp³-hybridized carbons (Fsp3) is 0.571. The van der Waals surface area contributed by atoms with Crippen LogP contribution in [-0.4, -0.2) is 25.0 Å². The van der Waals surface area contributed by atoms with Crippen LogP contribution in [0.15, 0.2) is 12.1 Å². The highest BCUT2D eigenvalue weighted by atomic mass is 32.1. The van der Waals surface area contributed by atoms with Crippen LogP contribution < -0.4 is 5.73 Å². The Bertz CT molecular complexity index is 384. The van der Waals surface area contributed by atoms with E-state index in [0.717, 1.165) is 23.9 Å². The molecule has 2 nitrogen and oxygen atoms in total. The Kier molecular flexibility index (Phi) is 6.28. The van der Waals surface area contributed by atoms with Crippen LogP contribution in [0.2, 0.25) is 0 Å². The molecule has 0 aliphatic heterocycles. The first-order valence-electron chi connectivity index (χ1n) is 6.08. The lowest BCUT2D eigenvalue weighted by Crippen LogP contribution is -2.19. The van der Waals surface area contributed by atoms with E-state index in [9.17, 15) is 0 Å². The van der Waals surface area contributed by atoms with Gasteiger partial charge in [-0.15, -0.1) is 11.3 Å². The molecule has 0 aliphatic rings. The van der Waals surface area contributed by atoms with Crippen molar-refractivity contribution in [3.05, 3.63) is 21.9 Å². The van der Waals surface area contributed by atoms with Crippen molar-refractivity contribution >= 4 is 11.3 Å². The van der Waals surface area contributed by atoms with Gasteiger partial charge >= 0.3 is 0 Å². The fourth-order valence-corrected chi connectivity index (χ4v) is 2.45. The summed E-state index contributed by atoms with van der Waals surface area (Å²) >= 11 is 1.76. The van der Waals surface area contributed by atoms with Crippen LogP contribution in [0.25, 0.3) is 0 Å². The summed E-state index contributed by atoms with van der Waals surface area (Å²) in [6.45, 7) is 7.13. The Morgan fingerprint density at radius 3 is 2.82 bits per heavy atom. The normalized spacial score (nSPS) is 10.7. The van der Waals surface area contributed by atoms with Crippen molar-refractivity contribution in [3.8, 4) is 11.8 Å². The highest BCUT2D eigenvalue weighted by Crippen LogP contribution is 2.17. The molecule has 1 aromatic heterocycles. The summed E-state index contributed by atoms with van der Waals surface area (Å²) < 4.78 is 0. The van der Waals surface area contributed by atoms with Crippen molar-refractivity contribution in [1.29, 1.82) is 0 Å². The van der Waals surface area contributed by atoms with E-state index < -0.39 is 0 Å². The topological polar surface area (TPSA) is 29.3 Å². The second kappa shape index (κ2) is 7.50. The lowest BCUT2D eigenvalue weighted by Gasteiger charge is -2.16. The molecular weight excluding hydrogens is 228 g/mol. The summed E-state index contributed by atoms with van der Waals surface area (Å²) in [6, 6.07) is 4.25. The molecule has 17 heavy (non-hydrogen) atoms. The zero-order valence-corrected chi connectivity index (χ0v) is 11.8. The van der Waals surface area contributed by atoms with Crippen LogP contribution in [0.5, 0.6) is 0 Å². The number of rotatable bonds is 5. The molecule has 1 rings (SSSR count). The average molecular weight is 250 g/mol. The van der Waals surface area contributed by atoms with Crippen LogP contribution in [0.4, 0.5) is 0 Å². The first-order valence-corrected chi connectivity index (χ1v) is 6.89.